The van der Waals surface area contributed by atoms with Crippen molar-refractivity contribution in [3.8, 4) is 11.5 Å². The van der Waals surface area contributed by atoms with E-state index in [2.05, 4.69) is 6.92 Å². The van der Waals surface area contributed by atoms with Crippen LogP contribution in [0.3, 0.4) is 0 Å². The summed E-state index contributed by atoms with van der Waals surface area (Å²) in [6, 6.07) is 3.43. The number of hydrogen-bond acceptors (Lipinski definition) is 3. The molecule has 4 heteroatoms. The topological polar surface area (TPSA) is 38.7 Å². The highest BCUT2D eigenvalue weighted by Crippen LogP contribution is 2.36. The Morgan fingerprint density at radius 2 is 2.06 bits per heavy atom. The van der Waals surface area contributed by atoms with Crippen LogP contribution in [0, 0.1) is 0 Å². The van der Waals surface area contributed by atoms with Gasteiger partial charge in [-0.15, -0.1) is 0 Å². The van der Waals surface area contributed by atoms with Crippen LogP contribution in [-0.4, -0.2) is 18.8 Å². The number of halogens is 1. The molecule has 0 unspecified atom stereocenters. The number of ether oxygens (including phenoxy) is 2. The maximum atomic E-state index is 9.06. The van der Waals surface area contributed by atoms with Crippen LogP contribution in [0.4, 0.5) is 0 Å². The van der Waals surface area contributed by atoms with Crippen molar-refractivity contribution in [1.29, 1.82) is 0 Å². The van der Waals surface area contributed by atoms with Gasteiger partial charge >= 0.3 is 0 Å². The highest BCUT2D eigenvalue weighted by atomic mass is 35.5. The fourth-order valence-electron chi connectivity index (χ4n) is 1.53. The maximum Gasteiger partial charge on any atom is 0.179 e. The number of hydrogen-bond donors (Lipinski definition) is 1. The van der Waals surface area contributed by atoms with E-state index in [1.807, 2.05) is 0 Å². The molecule has 96 valence electrons. The van der Waals surface area contributed by atoms with Crippen molar-refractivity contribution < 1.29 is 14.6 Å². The monoisotopic (exact) mass is 258 g/mol. The van der Waals surface area contributed by atoms with Crippen LogP contribution in [-0.2, 0) is 6.61 Å². The second-order valence-corrected chi connectivity index (χ2v) is 4.23. The lowest BCUT2D eigenvalue weighted by Crippen LogP contribution is -2.01. The van der Waals surface area contributed by atoms with Crippen LogP contribution in [0.15, 0.2) is 12.1 Å². The lowest BCUT2D eigenvalue weighted by Gasteiger charge is -2.13. The molecule has 17 heavy (non-hydrogen) atoms. The molecule has 0 heterocycles. The third kappa shape index (κ3) is 4.10. The van der Waals surface area contributed by atoms with Crippen LogP contribution in [0.5, 0.6) is 11.5 Å². The SMILES string of the molecule is CCCCCOc1c(Cl)cc(CO)cc1OC. The van der Waals surface area contributed by atoms with Gasteiger partial charge in [-0.25, -0.2) is 0 Å². The Morgan fingerprint density at radius 1 is 1.29 bits per heavy atom. The average molecular weight is 259 g/mol. The zero-order valence-corrected chi connectivity index (χ0v) is 11.1. The Labute approximate surface area is 107 Å². The molecule has 3 nitrogen and oxygen atoms in total. The van der Waals surface area contributed by atoms with Gasteiger partial charge in [0.1, 0.15) is 0 Å². The van der Waals surface area contributed by atoms with Crippen molar-refractivity contribution in [2.75, 3.05) is 13.7 Å². The van der Waals surface area contributed by atoms with Crippen molar-refractivity contribution in [3.05, 3.63) is 22.7 Å². The van der Waals surface area contributed by atoms with Gasteiger partial charge in [0.15, 0.2) is 11.5 Å². The summed E-state index contributed by atoms with van der Waals surface area (Å²) in [5.74, 6) is 1.13. The van der Waals surface area contributed by atoms with Crippen molar-refractivity contribution >= 4 is 11.6 Å². The maximum absolute atomic E-state index is 9.06. The molecule has 0 radical (unpaired) electrons. The molecule has 0 amide bonds. The molecule has 1 rings (SSSR count). The van der Waals surface area contributed by atoms with Crippen LogP contribution < -0.4 is 9.47 Å². The molecule has 0 spiro atoms. The predicted molar refractivity (Wildman–Crippen MR) is 68.9 cm³/mol. The Hall–Kier alpha value is -0.930. The summed E-state index contributed by atoms with van der Waals surface area (Å²) in [6.45, 7) is 2.71. The Balaban J connectivity index is 2.75. The van der Waals surface area contributed by atoms with Crippen LogP contribution in [0.2, 0.25) is 5.02 Å². The van der Waals surface area contributed by atoms with Gasteiger partial charge in [-0.3, -0.25) is 0 Å². The van der Waals surface area contributed by atoms with Crippen LogP contribution in [0.25, 0.3) is 0 Å². The van der Waals surface area contributed by atoms with Gasteiger partial charge in [0, 0.05) is 0 Å². The molecule has 0 aliphatic heterocycles. The molecule has 1 aromatic rings. The third-order valence-corrected chi connectivity index (χ3v) is 2.75. The molecule has 1 aromatic carbocycles. The average Bonchev–Trinajstić information content (AvgIpc) is 2.35. The van der Waals surface area contributed by atoms with Crippen molar-refractivity contribution in [1.82, 2.24) is 0 Å². The van der Waals surface area contributed by atoms with E-state index in [-0.39, 0.29) is 6.61 Å². The molecular formula is C13H19ClO3. The molecule has 0 aliphatic rings. The molecule has 0 bridgehead atoms. The molecule has 0 saturated carbocycles. The largest absolute Gasteiger partial charge is 0.493 e. The van der Waals surface area contributed by atoms with Gasteiger partial charge in [-0.1, -0.05) is 31.4 Å². The first-order chi connectivity index (χ1) is 8.22. The Bertz CT molecular complexity index is 353. The molecular weight excluding hydrogens is 240 g/mol. The fraction of sp³-hybridized carbons (Fsp3) is 0.538. The van der Waals surface area contributed by atoms with Gasteiger partial charge in [0.05, 0.1) is 25.3 Å². The molecule has 0 atom stereocenters. The van der Waals surface area contributed by atoms with E-state index in [4.69, 9.17) is 26.2 Å². The Morgan fingerprint density at radius 3 is 2.65 bits per heavy atom. The Kier molecular flexibility index (Phi) is 6.16. The minimum atomic E-state index is -0.0633. The first-order valence-electron chi connectivity index (χ1n) is 5.83. The quantitative estimate of drug-likeness (QED) is 0.762. The minimum absolute atomic E-state index is 0.0633. The summed E-state index contributed by atoms with van der Waals surface area (Å²) in [5.41, 5.74) is 0.716. The molecule has 0 fully saturated rings. The number of unbranched alkanes of at least 4 members (excludes halogenated alkanes) is 2. The molecule has 1 N–H and O–H groups in total. The van der Waals surface area contributed by atoms with E-state index >= 15 is 0 Å². The number of methoxy groups -OCH3 is 1. The van der Waals surface area contributed by atoms with Crippen molar-refractivity contribution in [3.63, 3.8) is 0 Å². The van der Waals surface area contributed by atoms with E-state index in [1.165, 1.54) is 0 Å². The van der Waals surface area contributed by atoms with Crippen molar-refractivity contribution in [2.24, 2.45) is 0 Å². The van der Waals surface area contributed by atoms with Gasteiger partial charge in [-0.2, -0.15) is 0 Å². The first-order valence-corrected chi connectivity index (χ1v) is 6.20. The summed E-state index contributed by atoms with van der Waals surface area (Å²) in [4.78, 5) is 0. The highest BCUT2D eigenvalue weighted by Gasteiger charge is 2.11. The van der Waals surface area contributed by atoms with Gasteiger partial charge in [0.2, 0.25) is 0 Å². The lowest BCUT2D eigenvalue weighted by molar-refractivity contribution is 0.275. The van der Waals surface area contributed by atoms with Crippen molar-refractivity contribution in [2.45, 2.75) is 32.8 Å². The van der Waals surface area contributed by atoms with Crippen LogP contribution >= 0.6 is 11.6 Å². The summed E-state index contributed by atoms with van der Waals surface area (Å²) in [6.07, 6.45) is 3.28. The normalized spacial score (nSPS) is 10.4. The predicted octanol–water partition coefficient (Wildman–Crippen LogP) is 3.41. The smallest absolute Gasteiger partial charge is 0.179 e. The van der Waals surface area contributed by atoms with E-state index < -0.39 is 0 Å². The first kappa shape index (κ1) is 14.1. The second-order valence-electron chi connectivity index (χ2n) is 3.82. The standard InChI is InChI=1S/C13H19ClO3/c1-3-4-5-6-17-13-11(14)7-10(9-15)8-12(13)16-2/h7-8,15H,3-6,9H2,1-2H3. The molecule has 0 aliphatic carbocycles. The number of aliphatic hydroxyl groups is 1. The van der Waals surface area contributed by atoms with Gasteiger partial charge in [0.25, 0.3) is 0 Å². The lowest BCUT2D eigenvalue weighted by atomic mass is 10.2. The van der Waals surface area contributed by atoms with E-state index in [1.54, 1.807) is 19.2 Å². The summed E-state index contributed by atoms with van der Waals surface area (Å²) < 4.78 is 10.8. The second kappa shape index (κ2) is 7.41. The highest BCUT2D eigenvalue weighted by molar-refractivity contribution is 6.32. The number of rotatable bonds is 7. The number of benzene rings is 1. The van der Waals surface area contributed by atoms with E-state index in [0.29, 0.717) is 28.7 Å². The fourth-order valence-corrected chi connectivity index (χ4v) is 1.82. The summed E-state index contributed by atoms with van der Waals surface area (Å²) >= 11 is 6.09. The van der Waals surface area contributed by atoms with E-state index in [9.17, 15) is 0 Å². The number of aliphatic hydroxyl groups excluding tert-OH is 1. The summed E-state index contributed by atoms with van der Waals surface area (Å²) in [5, 5.41) is 9.54. The summed E-state index contributed by atoms with van der Waals surface area (Å²) in [7, 11) is 1.56. The third-order valence-electron chi connectivity index (χ3n) is 2.47. The molecule has 0 aromatic heterocycles. The zero-order chi connectivity index (χ0) is 12.7. The van der Waals surface area contributed by atoms with Gasteiger partial charge < -0.3 is 14.6 Å². The van der Waals surface area contributed by atoms with E-state index in [0.717, 1.165) is 19.3 Å². The van der Waals surface area contributed by atoms with Gasteiger partial charge in [-0.05, 0) is 24.1 Å². The van der Waals surface area contributed by atoms with Crippen LogP contribution in [0.1, 0.15) is 31.7 Å². The minimum Gasteiger partial charge on any atom is -0.493 e. The molecule has 0 saturated heterocycles. The zero-order valence-electron chi connectivity index (χ0n) is 10.3.